The summed E-state index contributed by atoms with van der Waals surface area (Å²) >= 11 is 5.41. The fraction of sp³-hybridized carbons (Fsp3) is 0.625. The predicted molar refractivity (Wildman–Crippen MR) is 53.1 cm³/mol. The highest BCUT2D eigenvalue weighted by molar-refractivity contribution is 6.18. The first-order valence-electron chi connectivity index (χ1n) is 4.39. The molecule has 6 heteroatoms. The van der Waals surface area contributed by atoms with Gasteiger partial charge in [0.05, 0.1) is 0 Å². The van der Waals surface area contributed by atoms with E-state index in [0.717, 1.165) is 5.82 Å². The van der Waals surface area contributed by atoms with Gasteiger partial charge in [0, 0.05) is 32.3 Å². The van der Waals surface area contributed by atoms with E-state index >= 15 is 0 Å². The number of halogens is 1. The van der Waals surface area contributed by atoms with Gasteiger partial charge in [0.15, 0.2) is 5.82 Å². The summed E-state index contributed by atoms with van der Waals surface area (Å²) in [6.45, 7) is 0.555. The third kappa shape index (κ3) is 3.74. The van der Waals surface area contributed by atoms with Crippen LogP contribution in [-0.2, 0) is 18.3 Å². The summed E-state index contributed by atoms with van der Waals surface area (Å²) in [6.07, 6.45) is 2.64. The second-order valence-electron chi connectivity index (χ2n) is 2.87. The number of carbonyl (C=O) groups is 1. The summed E-state index contributed by atoms with van der Waals surface area (Å²) in [6, 6.07) is 0. The van der Waals surface area contributed by atoms with Crippen molar-refractivity contribution in [2.24, 2.45) is 7.05 Å². The summed E-state index contributed by atoms with van der Waals surface area (Å²) in [5, 5.41) is 6.81. The largest absolute Gasteiger partial charge is 0.356 e. The molecule has 1 N–H and O–H groups in total. The van der Waals surface area contributed by atoms with Gasteiger partial charge in [-0.05, 0) is 0 Å². The fourth-order valence-corrected chi connectivity index (χ4v) is 1.16. The Morgan fingerprint density at radius 3 is 3.07 bits per heavy atom. The van der Waals surface area contributed by atoms with Crippen molar-refractivity contribution in [3.05, 3.63) is 12.2 Å². The lowest BCUT2D eigenvalue weighted by Crippen LogP contribution is -2.25. The van der Waals surface area contributed by atoms with Crippen molar-refractivity contribution < 1.29 is 4.79 Å². The monoisotopic (exact) mass is 216 g/mol. The molecule has 1 amide bonds. The first-order valence-corrected chi connectivity index (χ1v) is 4.93. The van der Waals surface area contributed by atoms with Crippen LogP contribution in [0.15, 0.2) is 6.33 Å². The van der Waals surface area contributed by atoms with Crippen molar-refractivity contribution >= 4 is 17.5 Å². The lowest BCUT2D eigenvalue weighted by Gasteiger charge is -2.00. The van der Waals surface area contributed by atoms with Gasteiger partial charge in [-0.25, -0.2) is 4.98 Å². The van der Waals surface area contributed by atoms with E-state index in [1.54, 1.807) is 11.0 Å². The number of rotatable bonds is 5. The Morgan fingerprint density at radius 2 is 2.50 bits per heavy atom. The van der Waals surface area contributed by atoms with E-state index < -0.39 is 0 Å². The van der Waals surface area contributed by atoms with Crippen molar-refractivity contribution in [3.63, 3.8) is 0 Å². The number of hydrogen-bond acceptors (Lipinski definition) is 3. The van der Waals surface area contributed by atoms with Gasteiger partial charge in [-0.2, -0.15) is 5.10 Å². The topological polar surface area (TPSA) is 59.8 Å². The van der Waals surface area contributed by atoms with Gasteiger partial charge in [0.2, 0.25) is 5.91 Å². The Morgan fingerprint density at radius 1 is 1.71 bits per heavy atom. The number of nitrogens with zero attached hydrogens (tertiary/aromatic N) is 3. The van der Waals surface area contributed by atoms with Crippen LogP contribution in [0.1, 0.15) is 12.2 Å². The molecule has 1 heterocycles. The maximum absolute atomic E-state index is 11.0. The average Bonchev–Trinajstić information content (AvgIpc) is 2.52. The van der Waals surface area contributed by atoms with Crippen molar-refractivity contribution in [3.8, 4) is 0 Å². The minimum atomic E-state index is -0.0315. The molecule has 0 atom stereocenters. The van der Waals surface area contributed by atoms with Crippen LogP contribution >= 0.6 is 11.6 Å². The average molecular weight is 217 g/mol. The zero-order valence-electron chi connectivity index (χ0n) is 8.03. The molecule has 0 bridgehead atoms. The Labute approximate surface area is 87.5 Å². The number of aromatic nitrogens is 3. The molecule has 5 nitrogen and oxygen atoms in total. The molecule has 78 valence electrons. The van der Waals surface area contributed by atoms with Crippen LogP contribution in [-0.4, -0.2) is 33.1 Å². The van der Waals surface area contributed by atoms with Crippen LogP contribution in [0.2, 0.25) is 0 Å². The maximum Gasteiger partial charge on any atom is 0.221 e. The van der Waals surface area contributed by atoms with Crippen LogP contribution in [0.4, 0.5) is 0 Å². The van der Waals surface area contributed by atoms with Gasteiger partial charge in [0.1, 0.15) is 6.33 Å². The van der Waals surface area contributed by atoms with Gasteiger partial charge >= 0.3 is 0 Å². The lowest BCUT2D eigenvalue weighted by molar-refractivity contribution is -0.120. The van der Waals surface area contributed by atoms with Gasteiger partial charge in [-0.3, -0.25) is 9.48 Å². The molecule has 0 fully saturated rings. The molecule has 0 aliphatic heterocycles. The van der Waals surface area contributed by atoms with Crippen LogP contribution in [0.3, 0.4) is 0 Å². The SMILES string of the molecule is Cn1cnc(CCNC(=O)CCCl)n1. The van der Waals surface area contributed by atoms with E-state index in [2.05, 4.69) is 15.4 Å². The molecular weight excluding hydrogens is 204 g/mol. The van der Waals surface area contributed by atoms with E-state index in [1.165, 1.54) is 0 Å². The molecule has 1 aromatic rings. The number of carbonyl (C=O) groups excluding carboxylic acids is 1. The number of hydrogen-bond donors (Lipinski definition) is 1. The molecule has 1 rings (SSSR count). The third-order valence-corrected chi connectivity index (χ3v) is 1.83. The molecule has 0 saturated heterocycles. The maximum atomic E-state index is 11.0. The number of nitrogens with one attached hydrogen (secondary N) is 1. The summed E-state index contributed by atoms with van der Waals surface area (Å²) in [5.74, 6) is 1.06. The van der Waals surface area contributed by atoms with E-state index in [1.807, 2.05) is 7.05 Å². The van der Waals surface area contributed by atoms with Gasteiger partial charge in [-0.15, -0.1) is 11.6 Å². The van der Waals surface area contributed by atoms with Crippen molar-refractivity contribution in [2.45, 2.75) is 12.8 Å². The molecule has 0 spiro atoms. The molecule has 0 aliphatic carbocycles. The molecular formula is C8H13ClN4O. The Balaban J connectivity index is 2.18. The Kier molecular flexibility index (Phi) is 4.39. The number of aryl methyl sites for hydroxylation is 1. The van der Waals surface area contributed by atoms with E-state index in [9.17, 15) is 4.79 Å². The van der Waals surface area contributed by atoms with E-state index in [4.69, 9.17) is 11.6 Å². The highest BCUT2D eigenvalue weighted by atomic mass is 35.5. The first-order chi connectivity index (χ1) is 6.72. The Hall–Kier alpha value is -1.10. The minimum Gasteiger partial charge on any atom is -0.356 e. The van der Waals surface area contributed by atoms with Gasteiger partial charge in [0.25, 0.3) is 0 Å². The molecule has 0 aliphatic rings. The zero-order chi connectivity index (χ0) is 10.4. The van der Waals surface area contributed by atoms with Crippen LogP contribution in [0, 0.1) is 0 Å². The number of alkyl halides is 1. The van der Waals surface area contributed by atoms with Crippen molar-refractivity contribution in [1.29, 1.82) is 0 Å². The molecule has 0 radical (unpaired) electrons. The second kappa shape index (κ2) is 5.59. The summed E-state index contributed by atoms with van der Waals surface area (Å²) in [4.78, 5) is 15.0. The van der Waals surface area contributed by atoms with Gasteiger partial charge < -0.3 is 5.32 Å². The smallest absolute Gasteiger partial charge is 0.221 e. The van der Waals surface area contributed by atoms with E-state index in [0.29, 0.717) is 25.3 Å². The lowest BCUT2D eigenvalue weighted by atomic mass is 10.4. The zero-order valence-corrected chi connectivity index (χ0v) is 8.79. The molecule has 0 saturated carbocycles. The molecule has 0 unspecified atom stereocenters. The molecule has 0 aromatic carbocycles. The highest BCUT2D eigenvalue weighted by Crippen LogP contribution is 1.89. The first kappa shape index (κ1) is 11.0. The quantitative estimate of drug-likeness (QED) is 0.711. The van der Waals surface area contributed by atoms with Crippen LogP contribution in [0.25, 0.3) is 0 Å². The normalized spacial score (nSPS) is 10.1. The minimum absolute atomic E-state index is 0.0315. The van der Waals surface area contributed by atoms with Crippen molar-refractivity contribution in [2.75, 3.05) is 12.4 Å². The van der Waals surface area contributed by atoms with E-state index in [-0.39, 0.29) is 5.91 Å². The van der Waals surface area contributed by atoms with Crippen LogP contribution < -0.4 is 5.32 Å². The van der Waals surface area contributed by atoms with Crippen molar-refractivity contribution in [1.82, 2.24) is 20.1 Å². The highest BCUT2D eigenvalue weighted by Gasteiger charge is 2.01. The summed E-state index contributed by atoms with van der Waals surface area (Å²) in [7, 11) is 1.81. The summed E-state index contributed by atoms with van der Waals surface area (Å²) in [5.41, 5.74) is 0. The fourth-order valence-electron chi connectivity index (χ4n) is 0.986. The Bertz CT molecular complexity index is 299. The predicted octanol–water partition coefficient (Wildman–Crippen LogP) is 0.103. The summed E-state index contributed by atoms with van der Waals surface area (Å²) < 4.78 is 1.63. The second-order valence-corrected chi connectivity index (χ2v) is 3.25. The third-order valence-electron chi connectivity index (χ3n) is 1.64. The molecule has 1 aromatic heterocycles. The molecule has 14 heavy (non-hydrogen) atoms. The van der Waals surface area contributed by atoms with Gasteiger partial charge in [-0.1, -0.05) is 0 Å². The standard InChI is InChI=1S/C8H13ClN4O/c1-13-6-11-7(12-13)3-5-10-8(14)2-4-9/h6H,2-5H2,1H3,(H,10,14). The number of amides is 1. The van der Waals surface area contributed by atoms with Crippen LogP contribution in [0.5, 0.6) is 0 Å².